The normalized spacial score (nSPS) is 22.1. The van der Waals surface area contributed by atoms with Gasteiger partial charge in [0.2, 0.25) is 11.8 Å². The smallest absolute Gasteiger partial charge is 0.243 e. The van der Waals surface area contributed by atoms with Gasteiger partial charge in [-0.1, -0.05) is 13.8 Å². The molecule has 5 nitrogen and oxygen atoms in total. The average molecular weight is 213 g/mol. The summed E-state index contributed by atoms with van der Waals surface area (Å²) in [6, 6.07) is -0.335. The average Bonchev–Trinajstić information content (AvgIpc) is 2.18. The Balaban J connectivity index is 2.74. The maximum absolute atomic E-state index is 11.6. The minimum Gasteiger partial charge on any atom is -0.345 e. The van der Waals surface area contributed by atoms with Crippen LogP contribution in [0.4, 0.5) is 0 Å². The molecule has 0 saturated carbocycles. The molecule has 15 heavy (non-hydrogen) atoms. The number of hydrogen-bond donors (Lipinski definition) is 2. The highest BCUT2D eigenvalue weighted by Crippen LogP contribution is 2.14. The molecule has 86 valence electrons. The van der Waals surface area contributed by atoms with Crippen LogP contribution in [-0.4, -0.2) is 42.4 Å². The van der Waals surface area contributed by atoms with Gasteiger partial charge in [-0.05, 0) is 18.9 Å². The van der Waals surface area contributed by atoms with Crippen LogP contribution in [-0.2, 0) is 9.59 Å². The minimum absolute atomic E-state index is 0.0123. The molecule has 0 aromatic carbocycles. The highest BCUT2D eigenvalue weighted by Gasteiger charge is 2.35. The number of nitrogens with two attached hydrogens (primary N) is 1. The van der Waals surface area contributed by atoms with Crippen molar-refractivity contribution < 1.29 is 9.59 Å². The van der Waals surface area contributed by atoms with E-state index in [0.717, 1.165) is 6.42 Å². The summed E-state index contributed by atoms with van der Waals surface area (Å²) in [6.45, 7) is 5.12. The Morgan fingerprint density at radius 2 is 2.20 bits per heavy atom. The molecule has 0 radical (unpaired) electrons. The molecule has 1 saturated heterocycles. The van der Waals surface area contributed by atoms with Crippen molar-refractivity contribution in [2.75, 3.05) is 19.6 Å². The van der Waals surface area contributed by atoms with Crippen molar-refractivity contribution in [1.82, 2.24) is 10.2 Å². The van der Waals surface area contributed by atoms with Gasteiger partial charge in [0.25, 0.3) is 0 Å². The van der Waals surface area contributed by atoms with Gasteiger partial charge < -0.3 is 16.0 Å². The minimum atomic E-state index is -0.335. The van der Waals surface area contributed by atoms with Crippen molar-refractivity contribution in [3.8, 4) is 0 Å². The van der Waals surface area contributed by atoms with Crippen molar-refractivity contribution in [3.05, 3.63) is 0 Å². The number of piperazine rings is 1. The standard InChI is InChI=1S/C10H19N3O2/c1-7(2)9-10(15)12-6-8(14)13(9)5-3-4-11/h7,9H,3-6,11H2,1-2H3,(H,12,15). The molecule has 1 aliphatic heterocycles. The van der Waals surface area contributed by atoms with E-state index in [1.165, 1.54) is 0 Å². The number of nitrogens with zero attached hydrogens (tertiary/aromatic N) is 1. The number of carbonyl (C=O) groups excluding carboxylic acids is 2. The number of nitrogens with one attached hydrogen (secondary N) is 1. The van der Waals surface area contributed by atoms with Crippen LogP contribution in [0.3, 0.4) is 0 Å². The first kappa shape index (κ1) is 12.0. The predicted octanol–water partition coefficient (Wildman–Crippen LogP) is -0.682. The Labute approximate surface area is 90.0 Å². The third kappa shape index (κ3) is 2.68. The largest absolute Gasteiger partial charge is 0.345 e. The van der Waals surface area contributed by atoms with Crippen LogP contribution in [0.25, 0.3) is 0 Å². The molecule has 1 aliphatic rings. The molecular weight excluding hydrogens is 194 g/mol. The Morgan fingerprint density at radius 1 is 1.53 bits per heavy atom. The highest BCUT2D eigenvalue weighted by molar-refractivity contribution is 5.94. The van der Waals surface area contributed by atoms with Gasteiger partial charge in [0.15, 0.2) is 0 Å². The van der Waals surface area contributed by atoms with E-state index in [2.05, 4.69) is 5.32 Å². The summed E-state index contributed by atoms with van der Waals surface area (Å²) in [4.78, 5) is 24.9. The van der Waals surface area contributed by atoms with Crippen molar-refractivity contribution in [2.24, 2.45) is 11.7 Å². The first-order valence-corrected chi connectivity index (χ1v) is 5.35. The molecule has 1 unspecified atom stereocenters. The fourth-order valence-corrected chi connectivity index (χ4v) is 1.85. The monoisotopic (exact) mass is 213 g/mol. The third-order valence-corrected chi connectivity index (χ3v) is 2.57. The lowest BCUT2D eigenvalue weighted by molar-refractivity contribution is -0.147. The van der Waals surface area contributed by atoms with Gasteiger partial charge in [-0.25, -0.2) is 0 Å². The van der Waals surface area contributed by atoms with E-state index in [1.807, 2.05) is 13.8 Å². The van der Waals surface area contributed by atoms with E-state index in [9.17, 15) is 9.59 Å². The van der Waals surface area contributed by atoms with Crippen molar-refractivity contribution in [2.45, 2.75) is 26.3 Å². The molecule has 0 spiro atoms. The molecule has 5 heteroatoms. The number of amides is 2. The lowest BCUT2D eigenvalue weighted by atomic mass is 9.99. The van der Waals surface area contributed by atoms with Gasteiger partial charge in [0.05, 0.1) is 6.54 Å². The van der Waals surface area contributed by atoms with E-state index in [0.29, 0.717) is 13.1 Å². The van der Waals surface area contributed by atoms with Crippen LogP contribution in [0.5, 0.6) is 0 Å². The predicted molar refractivity (Wildman–Crippen MR) is 57.0 cm³/mol. The zero-order chi connectivity index (χ0) is 11.4. The SMILES string of the molecule is CC(C)C1C(=O)NCC(=O)N1CCCN. The zero-order valence-corrected chi connectivity index (χ0v) is 9.32. The fraction of sp³-hybridized carbons (Fsp3) is 0.800. The van der Waals surface area contributed by atoms with Crippen LogP contribution < -0.4 is 11.1 Å². The molecule has 3 N–H and O–H groups in total. The molecule has 1 heterocycles. The number of rotatable bonds is 4. The second-order valence-corrected chi connectivity index (χ2v) is 4.14. The van der Waals surface area contributed by atoms with Crippen LogP contribution >= 0.6 is 0 Å². The molecular formula is C10H19N3O2. The first-order chi connectivity index (χ1) is 7.07. The molecule has 2 amide bonds. The van der Waals surface area contributed by atoms with E-state index in [-0.39, 0.29) is 30.3 Å². The summed E-state index contributed by atoms with van der Waals surface area (Å²) in [5, 5.41) is 2.61. The number of carbonyl (C=O) groups is 2. The summed E-state index contributed by atoms with van der Waals surface area (Å²) >= 11 is 0. The van der Waals surface area contributed by atoms with Crippen LogP contribution in [0, 0.1) is 5.92 Å². The van der Waals surface area contributed by atoms with Gasteiger partial charge in [-0.15, -0.1) is 0 Å². The third-order valence-electron chi connectivity index (χ3n) is 2.57. The highest BCUT2D eigenvalue weighted by atomic mass is 16.2. The second-order valence-electron chi connectivity index (χ2n) is 4.14. The Kier molecular flexibility index (Phi) is 4.08. The van der Waals surface area contributed by atoms with Gasteiger partial charge in [0.1, 0.15) is 6.04 Å². The summed E-state index contributed by atoms with van der Waals surface area (Å²) in [5.41, 5.74) is 5.41. The van der Waals surface area contributed by atoms with Crippen LogP contribution in [0.15, 0.2) is 0 Å². The van der Waals surface area contributed by atoms with Gasteiger partial charge >= 0.3 is 0 Å². The van der Waals surface area contributed by atoms with Crippen molar-refractivity contribution in [3.63, 3.8) is 0 Å². The van der Waals surface area contributed by atoms with Gasteiger partial charge in [0, 0.05) is 6.54 Å². The van der Waals surface area contributed by atoms with E-state index >= 15 is 0 Å². The molecule has 0 aliphatic carbocycles. The quantitative estimate of drug-likeness (QED) is 0.649. The molecule has 0 aromatic rings. The topological polar surface area (TPSA) is 75.4 Å². The molecule has 0 aromatic heterocycles. The summed E-state index contributed by atoms with van der Waals surface area (Å²) in [5.74, 6) is 0.0652. The van der Waals surface area contributed by atoms with Crippen molar-refractivity contribution >= 4 is 11.8 Å². The fourth-order valence-electron chi connectivity index (χ4n) is 1.85. The van der Waals surface area contributed by atoms with Gasteiger partial charge in [-0.2, -0.15) is 0 Å². The number of hydrogen-bond acceptors (Lipinski definition) is 3. The molecule has 1 atom stereocenters. The lowest BCUT2D eigenvalue weighted by Gasteiger charge is -2.37. The lowest BCUT2D eigenvalue weighted by Crippen LogP contribution is -2.60. The zero-order valence-electron chi connectivity index (χ0n) is 9.32. The van der Waals surface area contributed by atoms with Crippen molar-refractivity contribution in [1.29, 1.82) is 0 Å². The van der Waals surface area contributed by atoms with Crippen LogP contribution in [0.2, 0.25) is 0 Å². The maximum atomic E-state index is 11.6. The second kappa shape index (κ2) is 5.11. The van der Waals surface area contributed by atoms with Crippen LogP contribution in [0.1, 0.15) is 20.3 Å². The summed E-state index contributed by atoms with van der Waals surface area (Å²) in [7, 11) is 0. The Bertz CT molecular complexity index is 253. The maximum Gasteiger partial charge on any atom is 0.243 e. The first-order valence-electron chi connectivity index (χ1n) is 5.35. The Hall–Kier alpha value is -1.10. The van der Waals surface area contributed by atoms with E-state index < -0.39 is 0 Å². The summed E-state index contributed by atoms with van der Waals surface area (Å²) in [6.07, 6.45) is 0.738. The van der Waals surface area contributed by atoms with Gasteiger partial charge in [-0.3, -0.25) is 9.59 Å². The molecule has 0 bridgehead atoms. The van der Waals surface area contributed by atoms with E-state index in [4.69, 9.17) is 5.73 Å². The molecule has 1 rings (SSSR count). The Morgan fingerprint density at radius 3 is 2.73 bits per heavy atom. The molecule has 1 fully saturated rings. The van der Waals surface area contributed by atoms with E-state index in [1.54, 1.807) is 4.90 Å². The summed E-state index contributed by atoms with van der Waals surface area (Å²) < 4.78 is 0.